The van der Waals surface area contributed by atoms with Gasteiger partial charge in [-0.25, -0.2) is 0 Å². The molecule has 8 bridgehead atoms. The van der Waals surface area contributed by atoms with Gasteiger partial charge in [0.1, 0.15) is 11.5 Å². The Morgan fingerprint density at radius 2 is 0.540 bits per heavy atom. The van der Waals surface area contributed by atoms with E-state index in [9.17, 15) is 0 Å². The first-order valence-electron chi connectivity index (χ1n) is 16.9. The molecule has 1 heterocycles. The van der Waals surface area contributed by atoms with Crippen molar-refractivity contribution in [2.45, 2.75) is 154 Å². The summed E-state index contributed by atoms with van der Waals surface area (Å²) >= 11 is 17.5. The van der Waals surface area contributed by atoms with Crippen LogP contribution in [0.25, 0.3) is 0 Å². The van der Waals surface area contributed by atoms with Gasteiger partial charge in [0.15, 0.2) is 0 Å². The van der Waals surface area contributed by atoms with Gasteiger partial charge in [0.25, 0.3) is 0 Å². The molecule has 4 aromatic carbocycles. The molecule has 50 heavy (non-hydrogen) atoms. The highest BCUT2D eigenvalue weighted by atomic mass is 32.2. The zero-order valence-electron chi connectivity index (χ0n) is 32.0. The summed E-state index contributed by atoms with van der Waals surface area (Å²) in [6.45, 7) is 27.3. The van der Waals surface area contributed by atoms with Crippen molar-refractivity contribution in [1.82, 2.24) is 0 Å². The summed E-state index contributed by atoms with van der Waals surface area (Å²) in [6.07, 6.45) is 0. The van der Waals surface area contributed by atoms with Crippen LogP contribution in [0.2, 0.25) is 0 Å². The smallest absolute Gasteiger partial charge is 0.146 e. The third-order valence-electron chi connectivity index (χ3n) is 8.87. The summed E-state index contributed by atoms with van der Waals surface area (Å²) in [4.78, 5) is 10.6. The average Bonchev–Trinajstić information content (AvgIpc) is 2.98. The second-order valence-corrected chi connectivity index (χ2v) is 22.3. The van der Waals surface area contributed by atoms with E-state index in [1.54, 1.807) is 61.3 Å². The van der Waals surface area contributed by atoms with E-state index < -0.39 is 0 Å². The van der Waals surface area contributed by atoms with Crippen LogP contribution in [0, 0.1) is 0 Å². The fourth-order valence-electron chi connectivity index (χ4n) is 5.54. The predicted octanol–water partition coefficient (Wildman–Crippen LogP) is 14.4. The molecule has 0 N–H and O–H groups in total. The lowest BCUT2D eigenvalue weighted by Crippen LogP contribution is -2.13. The monoisotopic (exact) mass is 780 g/mol. The van der Waals surface area contributed by atoms with Crippen molar-refractivity contribution in [2.24, 2.45) is 0 Å². The van der Waals surface area contributed by atoms with Crippen LogP contribution in [-0.2, 0) is 21.7 Å². The Bertz CT molecular complexity index is 1700. The highest BCUT2D eigenvalue weighted by molar-refractivity contribution is 8.02. The minimum absolute atomic E-state index is 0.0693. The molecule has 0 aromatic heterocycles. The number of ether oxygens (including phenoxy) is 2. The molecule has 0 amide bonds. The summed E-state index contributed by atoms with van der Waals surface area (Å²) in [5.74, 6) is 1.74. The molecule has 2 nitrogen and oxygen atoms in total. The zero-order valence-corrected chi connectivity index (χ0v) is 37.0. The summed E-state index contributed by atoms with van der Waals surface area (Å²) in [5.41, 5.74) is 4.74. The van der Waals surface area contributed by atoms with E-state index in [0.717, 1.165) is 60.5 Å². The topological polar surface area (TPSA) is 18.5 Å². The first-order valence-corrected chi connectivity index (χ1v) is 21.1. The van der Waals surface area contributed by atoms with Gasteiger partial charge in [0, 0.05) is 29.4 Å². The van der Waals surface area contributed by atoms with E-state index in [-0.39, 0.29) is 21.7 Å². The second-order valence-electron chi connectivity index (χ2n) is 17.1. The van der Waals surface area contributed by atoms with Gasteiger partial charge in [-0.3, -0.25) is 0 Å². The van der Waals surface area contributed by atoms with Crippen molar-refractivity contribution in [3.63, 3.8) is 0 Å². The quantitative estimate of drug-likeness (QED) is 0.173. The van der Waals surface area contributed by atoms with Crippen LogP contribution in [0.3, 0.4) is 0 Å². The molecule has 0 unspecified atom stereocenters. The van der Waals surface area contributed by atoms with Crippen LogP contribution in [0.5, 0.6) is 11.5 Å². The molecule has 8 heteroatoms. The minimum Gasteiger partial charge on any atom is -0.494 e. The standard InChI is InChI=1S/C42H52O2S6/c1-39(2,3)23-15-27-35(43-13)28(16-23)48-32-20-26(42(10,11)12)22-34(38(32)46)50-30-18-24(40(4,5)6)17-29(36(30)44-14)49-33-21-25(41(7,8)9)19-31(47-27)37(33)45/h15-22,45-46H,1-14H3. The van der Waals surface area contributed by atoms with Gasteiger partial charge < -0.3 is 9.47 Å². The van der Waals surface area contributed by atoms with Crippen molar-refractivity contribution < 1.29 is 9.47 Å². The fraction of sp³-hybridized carbons (Fsp3) is 0.429. The lowest BCUT2D eigenvalue weighted by atomic mass is 9.87. The van der Waals surface area contributed by atoms with Crippen molar-refractivity contribution in [1.29, 1.82) is 0 Å². The van der Waals surface area contributed by atoms with Crippen LogP contribution in [0.15, 0.2) is 97.5 Å². The van der Waals surface area contributed by atoms with Gasteiger partial charge in [-0.15, -0.1) is 25.3 Å². The molecular weight excluding hydrogens is 729 g/mol. The Morgan fingerprint density at radius 3 is 0.700 bits per heavy atom. The van der Waals surface area contributed by atoms with E-state index in [1.165, 1.54) is 22.3 Å². The number of thiol groups is 2. The predicted molar refractivity (Wildman–Crippen MR) is 225 cm³/mol. The Hall–Kier alpha value is -1.42. The van der Waals surface area contributed by atoms with Gasteiger partial charge in [0.05, 0.1) is 33.8 Å². The van der Waals surface area contributed by atoms with Gasteiger partial charge in [-0.05, 0) is 92.4 Å². The molecule has 0 atom stereocenters. The van der Waals surface area contributed by atoms with E-state index in [0.29, 0.717) is 0 Å². The minimum atomic E-state index is -0.0715. The first-order chi connectivity index (χ1) is 23.0. The molecule has 0 saturated heterocycles. The van der Waals surface area contributed by atoms with Crippen molar-refractivity contribution in [2.75, 3.05) is 14.2 Å². The maximum absolute atomic E-state index is 6.30. The molecule has 4 aromatic rings. The van der Waals surface area contributed by atoms with E-state index in [2.05, 4.69) is 132 Å². The third-order valence-corrected chi connectivity index (χ3v) is 14.7. The van der Waals surface area contributed by atoms with Crippen LogP contribution in [0.4, 0.5) is 0 Å². The third kappa shape index (κ3) is 8.52. The molecule has 0 radical (unpaired) electrons. The number of methoxy groups -OCH3 is 2. The summed E-state index contributed by atoms with van der Waals surface area (Å²) in [6, 6.07) is 18.5. The lowest BCUT2D eigenvalue weighted by Gasteiger charge is -2.27. The van der Waals surface area contributed by atoms with Gasteiger partial charge in [0.2, 0.25) is 0 Å². The van der Waals surface area contributed by atoms with E-state index >= 15 is 0 Å². The maximum Gasteiger partial charge on any atom is 0.146 e. The number of rotatable bonds is 2. The van der Waals surface area contributed by atoms with E-state index in [1.807, 2.05) is 0 Å². The molecule has 0 spiro atoms. The van der Waals surface area contributed by atoms with Crippen molar-refractivity contribution >= 4 is 72.3 Å². The highest BCUT2D eigenvalue weighted by Gasteiger charge is 2.28. The summed E-state index contributed by atoms with van der Waals surface area (Å²) in [7, 11) is 3.57. The molecule has 0 aliphatic carbocycles. The average molecular weight is 781 g/mol. The molecule has 5 rings (SSSR count). The second kappa shape index (κ2) is 14.4. The van der Waals surface area contributed by atoms with Crippen molar-refractivity contribution in [3.8, 4) is 11.5 Å². The maximum atomic E-state index is 6.30. The van der Waals surface area contributed by atoms with Gasteiger partial charge in [-0.2, -0.15) is 0 Å². The molecule has 268 valence electrons. The Balaban J connectivity index is 1.93. The SMILES string of the molecule is COc1c2cc(C(C)(C)C)cc1Sc1cc(C(C)(C)C)cc(c1S)Sc1cc(C(C)(C)C)cc(c1OC)Sc1cc(C(C)(C)C)cc(c1S)S2. The molecular formula is C42H52O2S6. The van der Waals surface area contributed by atoms with Crippen LogP contribution in [-0.4, -0.2) is 14.2 Å². The van der Waals surface area contributed by atoms with Gasteiger partial charge >= 0.3 is 0 Å². The summed E-state index contributed by atoms with van der Waals surface area (Å²) < 4.78 is 12.6. The van der Waals surface area contributed by atoms with Crippen LogP contribution < -0.4 is 9.47 Å². The Labute approximate surface area is 329 Å². The molecule has 0 fully saturated rings. The van der Waals surface area contributed by atoms with Gasteiger partial charge in [-0.1, -0.05) is 130 Å². The normalized spacial score (nSPS) is 14.1. The first kappa shape index (κ1) is 39.8. The number of fused-ring (bicyclic) bond motifs is 8. The zero-order chi connectivity index (χ0) is 37.1. The molecule has 0 saturated carbocycles. The number of hydrogen-bond acceptors (Lipinski definition) is 8. The van der Waals surface area contributed by atoms with Crippen LogP contribution >= 0.6 is 72.3 Å². The summed E-state index contributed by atoms with van der Waals surface area (Å²) in [5, 5.41) is 0. The molecule has 1 aliphatic heterocycles. The number of hydrogen-bond donors (Lipinski definition) is 2. The molecule has 1 aliphatic rings. The Kier molecular flexibility index (Phi) is 11.5. The number of benzene rings is 4. The lowest BCUT2D eigenvalue weighted by molar-refractivity contribution is 0.393. The largest absolute Gasteiger partial charge is 0.494 e. The fourth-order valence-corrected chi connectivity index (χ4v) is 11.0. The van der Waals surface area contributed by atoms with Crippen LogP contribution in [0.1, 0.15) is 105 Å². The van der Waals surface area contributed by atoms with E-state index in [4.69, 9.17) is 34.7 Å². The highest BCUT2D eigenvalue weighted by Crippen LogP contribution is 2.54. The van der Waals surface area contributed by atoms with Crippen molar-refractivity contribution in [3.05, 3.63) is 70.8 Å². The Morgan fingerprint density at radius 1 is 0.360 bits per heavy atom.